The zero-order chi connectivity index (χ0) is 12.7. The quantitative estimate of drug-likeness (QED) is 0.429. The van der Waals surface area contributed by atoms with E-state index in [1.807, 2.05) is 0 Å². The molecule has 0 bridgehead atoms. The number of ether oxygens (including phenoxy) is 1. The number of nitrogen functional groups attached to an aromatic ring is 1. The number of nitrogens with two attached hydrogens (primary N) is 2. The molecule has 17 heavy (non-hydrogen) atoms. The van der Waals surface area contributed by atoms with E-state index in [0.29, 0.717) is 22.7 Å². The van der Waals surface area contributed by atoms with Crippen LogP contribution < -0.4 is 16.2 Å². The van der Waals surface area contributed by atoms with Crippen molar-refractivity contribution in [3.63, 3.8) is 0 Å². The molecule has 5 nitrogen and oxygen atoms in total. The Morgan fingerprint density at radius 1 is 1.35 bits per heavy atom. The molecule has 96 valence electrons. The van der Waals surface area contributed by atoms with Crippen LogP contribution in [0.3, 0.4) is 0 Å². The van der Waals surface area contributed by atoms with Gasteiger partial charge in [-0.15, -0.1) is 0 Å². The summed E-state index contributed by atoms with van der Waals surface area (Å²) in [4.78, 5) is 0. The van der Waals surface area contributed by atoms with Crippen LogP contribution >= 0.6 is 0 Å². The summed E-state index contributed by atoms with van der Waals surface area (Å²) in [5.41, 5.74) is 13.0. The molecule has 0 saturated heterocycles. The van der Waals surface area contributed by atoms with Gasteiger partial charge in [0, 0.05) is 45.5 Å². The maximum absolute atomic E-state index is 9.36. The summed E-state index contributed by atoms with van der Waals surface area (Å²) in [7, 11) is 2.49. The molecule has 0 atom stereocenters. The van der Waals surface area contributed by atoms with Crippen LogP contribution in [0.2, 0.25) is 0 Å². The molecule has 0 fully saturated rings. The smallest absolute Gasteiger partial charge is 0.146 e. The van der Waals surface area contributed by atoms with Crippen LogP contribution in [0.5, 0.6) is 11.5 Å². The molecule has 0 spiro atoms. The SMILES string of the molecule is CO.COc1cc(O)cc(/C=C(/C)N)c1N.[W]. The predicted molar refractivity (Wildman–Crippen MR) is 65.1 cm³/mol. The maximum Gasteiger partial charge on any atom is 0.146 e. The zero-order valence-corrected chi connectivity index (χ0v) is 13.0. The van der Waals surface area contributed by atoms with Gasteiger partial charge in [0.15, 0.2) is 0 Å². The molecule has 1 rings (SSSR count). The number of anilines is 1. The molecule has 0 aliphatic heterocycles. The molecule has 0 aliphatic rings. The maximum atomic E-state index is 9.36. The fraction of sp³-hybridized carbons (Fsp3) is 0.273. The van der Waals surface area contributed by atoms with E-state index >= 15 is 0 Å². The third-order valence-corrected chi connectivity index (χ3v) is 1.76. The van der Waals surface area contributed by atoms with Crippen LogP contribution in [-0.2, 0) is 21.1 Å². The second kappa shape index (κ2) is 8.90. The minimum atomic E-state index is 0. The second-order valence-electron chi connectivity index (χ2n) is 3.04. The number of aliphatic hydroxyl groups excluding tert-OH is 1. The van der Waals surface area contributed by atoms with Crippen molar-refractivity contribution in [1.29, 1.82) is 0 Å². The summed E-state index contributed by atoms with van der Waals surface area (Å²) >= 11 is 0. The van der Waals surface area contributed by atoms with Crippen molar-refractivity contribution >= 4 is 11.8 Å². The first-order valence-corrected chi connectivity index (χ1v) is 4.59. The van der Waals surface area contributed by atoms with Crippen molar-refractivity contribution in [2.75, 3.05) is 20.0 Å². The number of phenols is 1. The van der Waals surface area contributed by atoms with Crippen molar-refractivity contribution in [1.82, 2.24) is 0 Å². The van der Waals surface area contributed by atoms with Gasteiger partial charge in [-0.25, -0.2) is 0 Å². The molecule has 1 aromatic carbocycles. The summed E-state index contributed by atoms with van der Waals surface area (Å²) in [6, 6.07) is 2.99. The first-order valence-electron chi connectivity index (χ1n) is 4.59. The molecule has 0 radical (unpaired) electrons. The van der Waals surface area contributed by atoms with Crippen molar-refractivity contribution in [2.45, 2.75) is 6.92 Å². The third kappa shape index (κ3) is 5.61. The van der Waals surface area contributed by atoms with Crippen molar-refractivity contribution < 1.29 is 36.0 Å². The van der Waals surface area contributed by atoms with Crippen LogP contribution in [0, 0.1) is 0 Å². The van der Waals surface area contributed by atoms with Crippen LogP contribution in [0.25, 0.3) is 6.08 Å². The van der Waals surface area contributed by atoms with E-state index in [1.165, 1.54) is 19.2 Å². The Morgan fingerprint density at radius 3 is 2.29 bits per heavy atom. The van der Waals surface area contributed by atoms with Gasteiger partial charge in [-0.3, -0.25) is 0 Å². The Kier molecular flexibility index (Phi) is 9.52. The minimum Gasteiger partial charge on any atom is -0.508 e. The average molecular weight is 410 g/mol. The van der Waals surface area contributed by atoms with E-state index in [0.717, 1.165) is 7.11 Å². The van der Waals surface area contributed by atoms with Crippen LogP contribution in [0.4, 0.5) is 5.69 Å². The zero-order valence-electron chi connectivity index (χ0n) is 10.1. The molecule has 6 heteroatoms. The summed E-state index contributed by atoms with van der Waals surface area (Å²) in [6.07, 6.45) is 1.68. The van der Waals surface area contributed by atoms with Gasteiger partial charge in [-0.05, 0) is 19.1 Å². The largest absolute Gasteiger partial charge is 0.508 e. The topological polar surface area (TPSA) is 102 Å². The number of allylic oxidation sites excluding steroid dienone is 1. The molecule has 0 unspecified atom stereocenters. The van der Waals surface area contributed by atoms with Gasteiger partial charge in [-0.1, -0.05) is 0 Å². The number of hydrogen-bond acceptors (Lipinski definition) is 5. The average Bonchev–Trinajstić information content (AvgIpc) is 2.25. The standard InChI is InChI=1S/C10H14N2O2.CH4O.W/c1-6(11)3-7-4-8(13)5-9(14-2)10(7)12;1-2;/h3-5,13H,11-12H2,1-2H3;2H,1H3;/b6-3-;;. The normalized spacial score (nSPS) is 9.76. The number of rotatable bonds is 2. The number of hydrogen-bond donors (Lipinski definition) is 4. The fourth-order valence-corrected chi connectivity index (χ4v) is 1.17. The van der Waals surface area contributed by atoms with E-state index in [2.05, 4.69) is 0 Å². The minimum absolute atomic E-state index is 0. The number of aromatic hydroxyl groups is 1. The van der Waals surface area contributed by atoms with Crippen molar-refractivity contribution in [3.8, 4) is 11.5 Å². The monoisotopic (exact) mass is 410 g/mol. The Labute approximate surface area is 115 Å². The number of phenolic OH excluding ortho intramolecular Hbond substituents is 1. The molecule has 6 N–H and O–H groups in total. The Hall–Kier alpha value is -1.19. The van der Waals surface area contributed by atoms with E-state index in [9.17, 15) is 5.11 Å². The van der Waals surface area contributed by atoms with Crippen LogP contribution in [0.15, 0.2) is 17.8 Å². The predicted octanol–water partition coefficient (Wildman–Crippen LogP) is 0.909. The third-order valence-electron chi connectivity index (χ3n) is 1.76. The second-order valence-corrected chi connectivity index (χ2v) is 3.04. The number of benzene rings is 1. The van der Waals surface area contributed by atoms with E-state index in [-0.39, 0.29) is 26.8 Å². The first-order chi connectivity index (χ1) is 7.54. The van der Waals surface area contributed by atoms with E-state index < -0.39 is 0 Å². The molecule has 0 amide bonds. The Balaban J connectivity index is 0. The molecular formula is C11H18N2O3W. The van der Waals surface area contributed by atoms with Crippen LogP contribution in [0.1, 0.15) is 12.5 Å². The van der Waals surface area contributed by atoms with Gasteiger partial charge in [0.1, 0.15) is 11.5 Å². The summed E-state index contributed by atoms with van der Waals surface area (Å²) in [5.74, 6) is 0.543. The van der Waals surface area contributed by atoms with Gasteiger partial charge >= 0.3 is 0 Å². The number of methoxy groups -OCH3 is 1. The van der Waals surface area contributed by atoms with Gasteiger partial charge in [0.2, 0.25) is 0 Å². The van der Waals surface area contributed by atoms with Crippen molar-refractivity contribution in [3.05, 3.63) is 23.4 Å². The number of aliphatic hydroxyl groups is 1. The Morgan fingerprint density at radius 2 is 1.88 bits per heavy atom. The molecule has 1 aromatic rings. The van der Waals surface area contributed by atoms with Gasteiger partial charge < -0.3 is 26.4 Å². The first kappa shape index (κ1) is 18.2. The molecule has 0 heterocycles. The fourth-order valence-electron chi connectivity index (χ4n) is 1.17. The van der Waals surface area contributed by atoms with Crippen molar-refractivity contribution in [2.24, 2.45) is 5.73 Å². The summed E-state index contributed by atoms with van der Waals surface area (Å²) in [5, 5.41) is 16.4. The van der Waals surface area contributed by atoms with Gasteiger partial charge in [0.05, 0.1) is 12.8 Å². The van der Waals surface area contributed by atoms with Gasteiger partial charge in [0.25, 0.3) is 0 Å². The summed E-state index contributed by atoms with van der Waals surface area (Å²) < 4.78 is 4.99. The van der Waals surface area contributed by atoms with E-state index in [1.54, 1.807) is 13.0 Å². The summed E-state index contributed by atoms with van der Waals surface area (Å²) in [6.45, 7) is 1.75. The Bertz CT molecular complexity index is 377. The molecule has 0 aromatic heterocycles. The van der Waals surface area contributed by atoms with Gasteiger partial charge in [-0.2, -0.15) is 0 Å². The van der Waals surface area contributed by atoms with Crippen LogP contribution in [-0.4, -0.2) is 24.4 Å². The van der Waals surface area contributed by atoms with E-state index in [4.69, 9.17) is 21.3 Å². The molecule has 0 aliphatic carbocycles. The molecule has 0 saturated carbocycles. The molecular weight excluding hydrogens is 392 g/mol.